The van der Waals surface area contributed by atoms with E-state index in [4.69, 9.17) is 0 Å². The maximum Gasteiger partial charge on any atom is 0.108 e. The molecule has 21 heavy (non-hydrogen) atoms. The smallest absolute Gasteiger partial charge is 0.108 e. The average Bonchev–Trinajstić information content (AvgIpc) is 2.54. The average molecular weight is 290 g/mol. The lowest BCUT2D eigenvalue weighted by atomic mass is 9.78. The molecule has 118 valence electrons. The van der Waals surface area contributed by atoms with E-state index >= 15 is 0 Å². The van der Waals surface area contributed by atoms with Gasteiger partial charge in [-0.15, -0.1) is 0 Å². The summed E-state index contributed by atoms with van der Waals surface area (Å²) in [4.78, 5) is 5.44. The van der Waals surface area contributed by atoms with Crippen LogP contribution < -0.4 is 5.32 Å². The number of nitrogens with zero attached hydrogens (tertiary/aromatic N) is 3. The number of nitrogens with one attached hydrogen (secondary N) is 1. The van der Waals surface area contributed by atoms with Crippen molar-refractivity contribution in [3.05, 3.63) is 0 Å². The minimum absolute atomic E-state index is 0.285. The Morgan fingerprint density at radius 1 is 1.14 bits per heavy atom. The van der Waals surface area contributed by atoms with E-state index in [2.05, 4.69) is 28.1 Å². The molecule has 4 atom stereocenters. The third-order valence-electron chi connectivity index (χ3n) is 6.12. The van der Waals surface area contributed by atoms with Crippen LogP contribution in [0.25, 0.3) is 0 Å². The summed E-state index contributed by atoms with van der Waals surface area (Å²) in [5.41, 5.74) is -0.285. The predicted octanol–water partition coefficient (Wildman–Crippen LogP) is 1.97. The van der Waals surface area contributed by atoms with Crippen LogP contribution in [0, 0.1) is 11.3 Å². The van der Waals surface area contributed by atoms with E-state index in [1.165, 1.54) is 51.7 Å². The van der Waals surface area contributed by atoms with Gasteiger partial charge in [-0.1, -0.05) is 6.42 Å². The van der Waals surface area contributed by atoms with Crippen LogP contribution in [0.4, 0.5) is 0 Å². The molecule has 0 spiro atoms. The fraction of sp³-hybridized carbons (Fsp3) is 0.941. The van der Waals surface area contributed by atoms with E-state index in [0.29, 0.717) is 12.1 Å². The van der Waals surface area contributed by atoms with E-state index in [0.717, 1.165) is 18.9 Å². The standard InChI is InChI=1S/C17H30N4/c1-14-11-20-9-4-3-6-16(20)12-21(14)15-7-5-8-17(10-15,13-18)19-2/h14-16,19H,3-12H2,1-2H3. The SMILES string of the molecule is CNC1(C#N)CCCC(N2CC3CCCCN3CC2C)C1. The second kappa shape index (κ2) is 6.24. The van der Waals surface area contributed by atoms with Gasteiger partial charge in [-0.25, -0.2) is 0 Å². The first kappa shape index (κ1) is 15.3. The molecule has 2 saturated heterocycles. The molecule has 4 heteroatoms. The summed E-state index contributed by atoms with van der Waals surface area (Å²) in [6.07, 6.45) is 8.59. The number of piperazine rings is 1. The summed E-state index contributed by atoms with van der Waals surface area (Å²) in [7, 11) is 1.95. The van der Waals surface area contributed by atoms with Crippen molar-refractivity contribution in [2.24, 2.45) is 0 Å². The molecule has 0 radical (unpaired) electrons. The molecular formula is C17H30N4. The van der Waals surface area contributed by atoms with Gasteiger partial charge >= 0.3 is 0 Å². The number of hydrogen-bond acceptors (Lipinski definition) is 4. The van der Waals surface area contributed by atoms with Gasteiger partial charge in [-0.05, 0) is 59.0 Å². The largest absolute Gasteiger partial charge is 0.302 e. The van der Waals surface area contributed by atoms with Crippen LogP contribution in [0.15, 0.2) is 0 Å². The molecular weight excluding hydrogens is 260 g/mol. The van der Waals surface area contributed by atoms with E-state index in [-0.39, 0.29) is 5.54 Å². The number of nitriles is 1. The molecule has 0 aromatic rings. The van der Waals surface area contributed by atoms with E-state index in [1.807, 2.05) is 7.05 Å². The molecule has 4 unspecified atom stereocenters. The summed E-state index contributed by atoms with van der Waals surface area (Å²) in [6, 6.07) is 4.55. The van der Waals surface area contributed by atoms with E-state index in [1.54, 1.807) is 0 Å². The molecule has 2 heterocycles. The zero-order valence-electron chi connectivity index (χ0n) is 13.6. The Morgan fingerprint density at radius 2 is 1.95 bits per heavy atom. The molecule has 4 nitrogen and oxygen atoms in total. The highest BCUT2D eigenvalue weighted by molar-refractivity contribution is 5.11. The lowest BCUT2D eigenvalue weighted by Crippen LogP contribution is -2.63. The summed E-state index contributed by atoms with van der Waals surface area (Å²) < 4.78 is 0. The number of hydrogen-bond donors (Lipinski definition) is 1. The highest BCUT2D eigenvalue weighted by atomic mass is 15.3. The molecule has 3 rings (SSSR count). The van der Waals surface area contributed by atoms with Gasteiger partial charge in [0.05, 0.1) is 6.07 Å². The molecule has 0 amide bonds. The first-order valence-corrected chi connectivity index (χ1v) is 8.77. The van der Waals surface area contributed by atoms with Crippen LogP contribution in [0.3, 0.4) is 0 Å². The van der Waals surface area contributed by atoms with Gasteiger partial charge in [0, 0.05) is 31.2 Å². The molecule has 0 aromatic carbocycles. The van der Waals surface area contributed by atoms with Gasteiger partial charge in [-0.2, -0.15) is 5.26 Å². The van der Waals surface area contributed by atoms with Crippen LogP contribution in [0.2, 0.25) is 0 Å². The quantitative estimate of drug-likeness (QED) is 0.844. The third-order valence-corrected chi connectivity index (χ3v) is 6.12. The summed E-state index contributed by atoms with van der Waals surface area (Å²) >= 11 is 0. The monoisotopic (exact) mass is 290 g/mol. The van der Waals surface area contributed by atoms with Gasteiger partial charge in [-0.3, -0.25) is 9.80 Å². The molecule has 3 fully saturated rings. The fourth-order valence-corrected chi connectivity index (χ4v) is 4.80. The van der Waals surface area contributed by atoms with Crippen molar-refractivity contribution >= 4 is 0 Å². The maximum atomic E-state index is 9.57. The first-order valence-electron chi connectivity index (χ1n) is 8.77. The van der Waals surface area contributed by atoms with Crippen molar-refractivity contribution in [3.8, 4) is 6.07 Å². The number of rotatable bonds is 2. The summed E-state index contributed by atoms with van der Waals surface area (Å²) in [5.74, 6) is 0. The molecule has 0 bridgehead atoms. The topological polar surface area (TPSA) is 42.3 Å². The minimum atomic E-state index is -0.285. The second-order valence-corrected chi connectivity index (χ2v) is 7.38. The normalized spacial score (nSPS) is 42.2. The van der Waals surface area contributed by atoms with Crippen molar-refractivity contribution in [2.75, 3.05) is 26.7 Å². The number of piperidine rings is 1. The zero-order chi connectivity index (χ0) is 14.9. The predicted molar refractivity (Wildman–Crippen MR) is 85.0 cm³/mol. The summed E-state index contributed by atoms with van der Waals surface area (Å²) in [6.45, 7) is 6.12. The fourth-order valence-electron chi connectivity index (χ4n) is 4.80. The Labute approximate surface area is 129 Å². The van der Waals surface area contributed by atoms with Crippen LogP contribution in [0.5, 0.6) is 0 Å². The van der Waals surface area contributed by atoms with Crippen LogP contribution in [0.1, 0.15) is 51.9 Å². The van der Waals surface area contributed by atoms with Gasteiger partial charge in [0.1, 0.15) is 5.54 Å². The van der Waals surface area contributed by atoms with E-state index in [9.17, 15) is 5.26 Å². The summed E-state index contributed by atoms with van der Waals surface area (Å²) in [5, 5.41) is 12.9. The second-order valence-electron chi connectivity index (χ2n) is 7.38. The molecule has 1 saturated carbocycles. The minimum Gasteiger partial charge on any atom is -0.302 e. The van der Waals surface area contributed by atoms with Gasteiger partial charge in [0.15, 0.2) is 0 Å². The Hall–Kier alpha value is -0.630. The molecule has 3 aliphatic rings. The first-order chi connectivity index (χ1) is 10.2. The number of fused-ring (bicyclic) bond motifs is 1. The molecule has 0 aromatic heterocycles. The van der Waals surface area contributed by atoms with Gasteiger partial charge < -0.3 is 5.32 Å². The van der Waals surface area contributed by atoms with Gasteiger partial charge in [0.2, 0.25) is 0 Å². The van der Waals surface area contributed by atoms with E-state index < -0.39 is 0 Å². The van der Waals surface area contributed by atoms with Crippen molar-refractivity contribution < 1.29 is 0 Å². The lowest BCUT2D eigenvalue weighted by molar-refractivity contribution is -0.0220. The van der Waals surface area contributed by atoms with Crippen molar-refractivity contribution in [1.82, 2.24) is 15.1 Å². The Bertz CT molecular complexity index is 404. The maximum absolute atomic E-state index is 9.57. The third kappa shape index (κ3) is 2.97. The lowest BCUT2D eigenvalue weighted by Gasteiger charge is -2.52. The molecule has 1 aliphatic carbocycles. The van der Waals surface area contributed by atoms with Crippen molar-refractivity contribution in [3.63, 3.8) is 0 Å². The van der Waals surface area contributed by atoms with Crippen LogP contribution in [-0.4, -0.2) is 60.1 Å². The Balaban J connectivity index is 1.69. The van der Waals surface area contributed by atoms with Crippen molar-refractivity contribution in [2.45, 2.75) is 75.5 Å². The van der Waals surface area contributed by atoms with Crippen LogP contribution in [-0.2, 0) is 0 Å². The van der Waals surface area contributed by atoms with Crippen molar-refractivity contribution in [1.29, 1.82) is 5.26 Å². The zero-order valence-corrected chi connectivity index (χ0v) is 13.6. The van der Waals surface area contributed by atoms with Crippen LogP contribution >= 0.6 is 0 Å². The highest BCUT2D eigenvalue weighted by Gasteiger charge is 2.42. The Morgan fingerprint density at radius 3 is 2.71 bits per heavy atom. The van der Waals surface area contributed by atoms with Gasteiger partial charge in [0.25, 0.3) is 0 Å². The molecule has 1 N–H and O–H groups in total. The molecule has 2 aliphatic heterocycles. The Kier molecular flexibility index (Phi) is 4.54. The highest BCUT2D eigenvalue weighted by Crippen LogP contribution is 2.34.